The van der Waals surface area contributed by atoms with Gasteiger partial charge in [0.1, 0.15) is 0 Å². The Hall–Kier alpha value is -1.48. The van der Waals surface area contributed by atoms with Crippen molar-refractivity contribution in [3.05, 3.63) is 30.0 Å². The molecule has 3 nitrogen and oxygen atoms in total. The average molecular weight is 217 g/mol. The summed E-state index contributed by atoms with van der Waals surface area (Å²) in [5, 5.41) is 1.24. The monoisotopic (exact) mass is 217 g/mol. The first-order valence-corrected chi connectivity index (χ1v) is 5.85. The number of hydrogen-bond acceptors (Lipinski definition) is 2. The predicted octanol–water partition coefficient (Wildman–Crippen LogP) is 2.47. The van der Waals surface area contributed by atoms with E-state index in [9.17, 15) is 0 Å². The molecule has 0 aliphatic heterocycles. The van der Waals surface area contributed by atoms with E-state index in [0.717, 1.165) is 18.8 Å². The van der Waals surface area contributed by atoms with Crippen LogP contribution in [0.1, 0.15) is 19.5 Å². The van der Waals surface area contributed by atoms with E-state index in [0.29, 0.717) is 6.54 Å². The number of para-hydroxylation sites is 1. The predicted molar refractivity (Wildman–Crippen MR) is 69.8 cm³/mol. The Morgan fingerprint density at radius 2 is 2.00 bits per heavy atom. The molecule has 0 amide bonds. The highest BCUT2D eigenvalue weighted by Gasteiger charge is 2.08. The zero-order valence-corrected chi connectivity index (χ0v) is 9.96. The lowest BCUT2D eigenvalue weighted by Crippen LogP contribution is -2.21. The molecule has 0 saturated heterocycles. The van der Waals surface area contributed by atoms with Gasteiger partial charge in [-0.05, 0) is 26.0 Å². The van der Waals surface area contributed by atoms with Crippen LogP contribution in [0.15, 0.2) is 24.3 Å². The second-order valence-corrected chi connectivity index (χ2v) is 3.91. The van der Waals surface area contributed by atoms with Gasteiger partial charge in [0, 0.05) is 30.7 Å². The number of benzene rings is 1. The van der Waals surface area contributed by atoms with Crippen LogP contribution in [0.3, 0.4) is 0 Å². The van der Waals surface area contributed by atoms with Gasteiger partial charge in [0.2, 0.25) is 0 Å². The molecular formula is C13H19N3. The van der Waals surface area contributed by atoms with E-state index in [4.69, 9.17) is 5.73 Å². The van der Waals surface area contributed by atoms with Gasteiger partial charge in [0.15, 0.2) is 0 Å². The molecule has 0 spiro atoms. The topological polar surface area (TPSA) is 45.0 Å². The molecule has 0 aliphatic carbocycles. The highest BCUT2D eigenvalue weighted by atomic mass is 15.1. The highest BCUT2D eigenvalue weighted by molar-refractivity contribution is 5.92. The van der Waals surface area contributed by atoms with Gasteiger partial charge in [0.05, 0.1) is 11.2 Å². The first kappa shape index (κ1) is 11.0. The molecule has 1 heterocycles. The van der Waals surface area contributed by atoms with Crippen LogP contribution in [0, 0.1) is 0 Å². The molecule has 1 aromatic heterocycles. The third-order valence-corrected chi connectivity index (χ3v) is 3.01. The van der Waals surface area contributed by atoms with Crippen LogP contribution < -0.4 is 10.6 Å². The zero-order chi connectivity index (χ0) is 11.5. The highest BCUT2D eigenvalue weighted by Crippen LogP contribution is 2.26. The van der Waals surface area contributed by atoms with E-state index in [1.54, 1.807) is 0 Å². The molecule has 0 saturated carbocycles. The standard InChI is InChI=1S/C13H19N3/c1-3-16(4-2)12-7-5-6-10-8-11(9-14)15-13(10)12/h5-8,15H,3-4,9,14H2,1-2H3. The minimum Gasteiger partial charge on any atom is -0.370 e. The van der Waals surface area contributed by atoms with Crippen molar-refractivity contribution in [1.29, 1.82) is 0 Å². The fraction of sp³-hybridized carbons (Fsp3) is 0.385. The van der Waals surface area contributed by atoms with Crippen LogP contribution in [0.2, 0.25) is 0 Å². The van der Waals surface area contributed by atoms with Gasteiger partial charge in [-0.1, -0.05) is 12.1 Å². The van der Waals surface area contributed by atoms with Crippen LogP contribution >= 0.6 is 0 Å². The molecule has 16 heavy (non-hydrogen) atoms. The Balaban J connectivity index is 2.55. The molecule has 0 unspecified atom stereocenters. The second-order valence-electron chi connectivity index (χ2n) is 3.91. The summed E-state index contributed by atoms with van der Waals surface area (Å²) in [5.74, 6) is 0. The Morgan fingerprint density at radius 3 is 2.62 bits per heavy atom. The van der Waals surface area contributed by atoms with E-state index in [1.165, 1.54) is 16.6 Å². The number of nitrogens with two attached hydrogens (primary N) is 1. The maximum Gasteiger partial charge on any atom is 0.0694 e. The maximum absolute atomic E-state index is 5.66. The summed E-state index contributed by atoms with van der Waals surface area (Å²) >= 11 is 0. The average Bonchev–Trinajstić information content (AvgIpc) is 2.74. The lowest BCUT2D eigenvalue weighted by molar-refractivity contribution is 0.869. The van der Waals surface area contributed by atoms with Gasteiger partial charge in [-0.2, -0.15) is 0 Å². The van der Waals surface area contributed by atoms with Crippen LogP contribution in [0.4, 0.5) is 5.69 Å². The molecule has 2 rings (SSSR count). The molecule has 86 valence electrons. The molecule has 0 bridgehead atoms. The largest absolute Gasteiger partial charge is 0.370 e. The number of rotatable bonds is 4. The van der Waals surface area contributed by atoms with Crippen molar-refractivity contribution in [2.75, 3.05) is 18.0 Å². The van der Waals surface area contributed by atoms with Crippen molar-refractivity contribution in [1.82, 2.24) is 4.98 Å². The fourth-order valence-electron chi connectivity index (χ4n) is 2.14. The van der Waals surface area contributed by atoms with Crippen molar-refractivity contribution in [2.24, 2.45) is 5.73 Å². The van der Waals surface area contributed by atoms with E-state index >= 15 is 0 Å². The van der Waals surface area contributed by atoms with Gasteiger partial charge in [-0.15, -0.1) is 0 Å². The minimum absolute atomic E-state index is 0.562. The van der Waals surface area contributed by atoms with Crippen LogP contribution in [0.5, 0.6) is 0 Å². The lowest BCUT2D eigenvalue weighted by Gasteiger charge is -2.21. The summed E-state index contributed by atoms with van der Waals surface area (Å²) < 4.78 is 0. The Morgan fingerprint density at radius 1 is 1.25 bits per heavy atom. The summed E-state index contributed by atoms with van der Waals surface area (Å²) in [6, 6.07) is 8.51. The molecule has 1 aromatic carbocycles. The summed E-state index contributed by atoms with van der Waals surface area (Å²) in [4.78, 5) is 5.74. The van der Waals surface area contributed by atoms with Gasteiger partial charge in [0.25, 0.3) is 0 Å². The molecule has 3 heteroatoms. The minimum atomic E-state index is 0.562. The van der Waals surface area contributed by atoms with E-state index in [2.05, 4.69) is 48.0 Å². The first-order chi connectivity index (χ1) is 7.80. The number of H-pyrrole nitrogens is 1. The van der Waals surface area contributed by atoms with Crippen molar-refractivity contribution in [3.63, 3.8) is 0 Å². The number of aromatic nitrogens is 1. The van der Waals surface area contributed by atoms with Crippen molar-refractivity contribution < 1.29 is 0 Å². The van der Waals surface area contributed by atoms with E-state index < -0.39 is 0 Å². The SMILES string of the molecule is CCN(CC)c1cccc2cc(CN)[nH]c12. The summed E-state index contributed by atoms with van der Waals surface area (Å²) in [7, 11) is 0. The van der Waals surface area contributed by atoms with Crippen molar-refractivity contribution in [3.8, 4) is 0 Å². The first-order valence-electron chi connectivity index (χ1n) is 5.85. The van der Waals surface area contributed by atoms with E-state index in [1.807, 2.05) is 0 Å². The van der Waals surface area contributed by atoms with Crippen molar-refractivity contribution >= 4 is 16.6 Å². The number of aromatic amines is 1. The quantitative estimate of drug-likeness (QED) is 0.826. The molecule has 0 aliphatic rings. The number of nitrogens with zero attached hydrogens (tertiary/aromatic N) is 1. The second kappa shape index (κ2) is 4.58. The molecule has 0 radical (unpaired) electrons. The van der Waals surface area contributed by atoms with Crippen LogP contribution in [0.25, 0.3) is 10.9 Å². The lowest BCUT2D eigenvalue weighted by atomic mass is 10.2. The van der Waals surface area contributed by atoms with Crippen LogP contribution in [-0.2, 0) is 6.54 Å². The molecule has 3 N–H and O–H groups in total. The normalized spacial score (nSPS) is 10.9. The van der Waals surface area contributed by atoms with Gasteiger partial charge in [-0.25, -0.2) is 0 Å². The third kappa shape index (κ3) is 1.78. The summed E-state index contributed by atoms with van der Waals surface area (Å²) in [5.41, 5.74) is 9.22. The van der Waals surface area contributed by atoms with Crippen LogP contribution in [-0.4, -0.2) is 18.1 Å². The van der Waals surface area contributed by atoms with E-state index in [-0.39, 0.29) is 0 Å². The van der Waals surface area contributed by atoms with Gasteiger partial charge < -0.3 is 15.6 Å². The fourth-order valence-corrected chi connectivity index (χ4v) is 2.14. The Labute approximate surface area is 96.2 Å². The molecule has 0 atom stereocenters. The molecule has 2 aromatic rings. The maximum atomic E-state index is 5.66. The number of fused-ring (bicyclic) bond motifs is 1. The van der Waals surface area contributed by atoms with Gasteiger partial charge >= 0.3 is 0 Å². The number of anilines is 1. The summed E-state index contributed by atoms with van der Waals surface area (Å²) in [6.45, 7) is 6.95. The molecular weight excluding hydrogens is 198 g/mol. The van der Waals surface area contributed by atoms with Crippen molar-refractivity contribution in [2.45, 2.75) is 20.4 Å². The molecule has 0 fully saturated rings. The Kier molecular flexibility index (Phi) is 3.15. The number of hydrogen-bond donors (Lipinski definition) is 2. The zero-order valence-electron chi connectivity index (χ0n) is 9.96. The summed E-state index contributed by atoms with van der Waals surface area (Å²) in [6.07, 6.45) is 0. The number of nitrogens with one attached hydrogen (secondary N) is 1. The third-order valence-electron chi connectivity index (χ3n) is 3.01. The smallest absolute Gasteiger partial charge is 0.0694 e. The Bertz CT molecular complexity index is 469. The van der Waals surface area contributed by atoms with Gasteiger partial charge in [-0.3, -0.25) is 0 Å².